The van der Waals surface area contributed by atoms with Crippen LogP contribution in [0.2, 0.25) is 0 Å². The Morgan fingerprint density at radius 2 is 1.78 bits per heavy atom. The smallest absolute Gasteiger partial charge is 0.335 e. The van der Waals surface area contributed by atoms with Crippen molar-refractivity contribution < 1.29 is 9.90 Å². The van der Waals surface area contributed by atoms with Gasteiger partial charge in [0.05, 0.1) is 5.56 Å². The van der Waals surface area contributed by atoms with Crippen LogP contribution >= 0.6 is 0 Å². The average Bonchev–Trinajstić information content (AvgIpc) is 2.40. The molecular weight excluding hydrogens is 224 g/mol. The van der Waals surface area contributed by atoms with E-state index in [1.807, 2.05) is 12.1 Å². The van der Waals surface area contributed by atoms with E-state index in [2.05, 4.69) is 6.92 Å². The molecule has 1 aliphatic rings. The zero-order chi connectivity index (χ0) is 13.0. The Morgan fingerprint density at radius 1 is 1.17 bits per heavy atom. The minimum Gasteiger partial charge on any atom is -0.478 e. The Kier molecular flexibility index (Phi) is 4.05. The molecule has 1 saturated carbocycles. The summed E-state index contributed by atoms with van der Waals surface area (Å²) in [7, 11) is 0. The maximum absolute atomic E-state index is 10.9. The van der Waals surface area contributed by atoms with Gasteiger partial charge in [0.25, 0.3) is 0 Å². The van der Waals surface area contributed by atoms with Gasteiger partial charge in [-0.05, 0) is 42.4 Å². The Morgan fingerprint density at radius 3 is 2.28 bits per heavy atom. The normalized spacial score (nSPS) is 18.5. The van der Waals surface area contributed by atoms with Crippen molar-refractivity contribution in [2.75, 3.05) is 0 Å². The van der Waals surface area contributed by atoms with E-state index in [0.29, 0.717) is 11.0 Å². The van der Waals surface area contributed by atoms with Gasteiger partial charge in [0, 0.05) is 0 Å². The number of hydrogen-bond donors (Lipinski definition) is 1. The predicted octanol–water partition coefficient (Wildman–Crippen LogP) is 4.39. The Balaban J connectivity index is 2.27. The molecule has 1 fully saturated rings. The second kappa shape index (κ2) is 5.55. The van der Waals surface area contributed by atoms with Gasteiger partial charge >= 0.3 is 5.97 Å². The SMILES string of the molecule is CCCC1(c2ccc(C(=O)O)cc2)CCCCC1. The highest BCUT2D eigenvalue weighted by molar-refractivity contribution is 5.87. The summed E-state index contributed by atoms with van der Waals surface area (Å²) in [6.45, 7) is 2.24. The molecule has 1 aliphatic carbocycles. The summed E-state index contributed by atoms with van der Waals surface area (Å²) < 4.78 is 0. The van der Waals surface area contributed by atoms with E-state index in [4.69, 9.17) is 5.11 Å². The molecule has 0 saturated heterocycles. The van der Waals surface area contributed by atoms with Crippen molar-refractivity contribution in [3.63, 3.8) is 0 Å². The first-order chi connectivity index (χ1) is 8.68. The van der Waals surface area contributed by atoms with Crippen LogP contribution in [0.1, 0.15) is 67.8 Å². The fraction of sp³-hybridized carbons (Fsp3) is 0.562. The molecule has 0 atom stereocenters. The molecule has 2 nitrogen and oxygen atoms in total. The van der Waals surface area contributed by atoms with Crippen molar-refractivity contribution in [2.24, 2.45) is 0 Å². The summed E-state index contributed by atoms with van der Waals surface area (Å²) in [5, 5.41) is 8.95. The summed E-state index contributed by atoms with van der Waals surface area (Å²) in [6, 6.07) is 7.57. The number of rotatable bonds is 4. The van der Waals surface area contributed by atoms with Crippen LogP contribution < -0.4 is 0 Å². The molecule has 0 amide bonds. The summed E-state index contributed by atoms with van der Waals surface area (Å²) in [5.41, 5.74) is 2.04. The highest BCUT2D eigenvalue weighted by atomic mass is 16.4. The zero-order valence-corrected chi connectivity index (χ0v) is 11.1. The highest BCUT2D eigenvalue weighted by Gasteiger charge is 2.32. The molecule has 0 aliphatic heterocycles. The number of carbonyl (C=O) groups is 1. The van der Waals surface area contributed by atoms with Crippen LogP contribution in [0.4, 0.5) is 0 Å². The van der Waals surface area contributed by atoms with E-state index in [9.17, 15) is 4.79 Å². The molecule has 0 radical (unpaired) electrons. The van der Waals surface area contributed by atoms with Crippen LogP contribution in [0.15, 0.2) is 24.3 Å². The Hall–Kier alpha value is -1.31. The quantitative estimate of drug-likeness (QED) is 0.855. The van der Waals surface area contributed by atoms with Crippen LogP contribution in [-0.2, 0) is 5.41 Å². The van der Waals surface area contributed by atoms with Crippen molar-refractivity contribution in [3.8, 4) is 0 Å². The molecule has 0 spiro atoms. The molecule has 0 bridgehead atoms. The van der Waals surface area contributed by atoms with Crippen molar-refractivity contribution in [1.29, 1.82) is 0 Å². The van der Waals surface area contributed by atoms with E-state index in [0.717, 1.165) is 0 Å². The third-order valence-corrected chi connectivity index (χ3v) is 4.28. The van der Waals surface area contributed by atoms with Crippen LogP contribution in [-0.4, -0.2) is 11.1 Å². The van der Waals surface area contributed by atoms with E-state index < -0.39 is 5.97 Å². The van der Waals surface area contributed by atoms with Crippen LogP contribution in [0.25, 0.3) is 0 Å². The second-order valence-electron chi connectivity index (χ2n) is 5.47. The lowest BCUT2D eigenvalue weighted by molar-refractivity contribution is 0.0697. The highest BCUT2D eigenvalue weighted by Crippen LogP contribution is 2.42. The summed E-state index contributed by atoms with van der Waals surface area (Å²) in [4.78, 5) is 10.9. The lowest BCUT2D eigenvalue weighted by Gasteiger charge is -2.38. The molecule has 0 heterocycles. The zero-order valence-electron chi connectivity index (χ0n) is 11.1. The Labute approximate surface area is 109 Å². The maximum Gasteiger partial charge on any atom is 0.335 e. The lowest BCUT2D eigenvalue weighted by atomic mass is 9.67. The van der Waals surface area contributed by atoms with Gasteiger partial charge in [0.15, 0.2) is 0 Å². The fourth-order valence-corrected chi connectivity index (χ4v) is 3.36. The molecule has 1 aromatic rings. The first-order valence-electron chi connectivity index (χ1n) is 7.02. The molecular formula is C16H22O2. The Bertz CT molecular complexity index is 394. The van der Waals surface area contributed by atoms with Gasteiger partial charge in [-0.2, -0.15) is 0 Å². The van der Waals surface area contributed by atoms with Crippen LogP contribution in [0.3, 0.4) is 0 Å². The predicted molar refractivity (Wildman–Crippen MR) is 73.1 cm³/mol. The van der Waals surface area contributed by atoms with Gasteiger partial charge in [0.2, 0.25) is 0 Å². The van der Waals surface area contributed by atoms with Crippen molar-refractivity contribution in [3.05, 3.63) is 35.4 Å². The van der Waals surface area contributed by atoms with Crippen molar-refractivity contribution in [1.82, 2.24) is 0 Å². The van der Waals surface area contributed by atoms with E-state index in [1.54, 1.807) is 12.1 Å². The van der Waals surface area contributed by atoms with Gasteiger partial charge in [0.1, 0.15) is 0 Å². The molecule has 0 unspecified atom stereocenters. The lowest BCUT2D eigenvalue weighted by Crippen LogP contribution is -2.28. The van der Waals surface area contributed by atoms with E-state index in [-0.39, 0.29) is 0 Å². The topological polar surface area (TPSA) is 37.3 Å². The molecule has 0 aromatic heterocycles. The van der Waals surface area contributed by atoms with Crippen LogP contribution in [0.5, 0.6) is 0 Å². The molecule has 1 N–H and O–H groups in total. The van der Waals surface area contributed by atoms with E-state index >= 15 is 0 Å². The van der Waals surface area contributed by atoms with Crippen molar-refractivity contribution >= 4 is 5.97 Å². The van der Waals surface area contributed by atoms with Crippen LogP contribution in [0, 0.1) is 0 Å². The number of benzene rings is 1. The molecule has 2 heteroatoms. The molecule has 2 rings (SSSR count). The van der Waals surface area contributed by atoms with Gasteiger partial charge < -0.3 is 5.11 Å². The monoisotopic (exact) mass is 246 g/mol. The maximum atomic E-state index is 10.9. The number of carboxylic acids is 1. The number of hydrogen-bond acceptors (Lipinski definition) is 1. The first-order valence-corrected chi connectivity index (χ1v) is 7.02. The summed E-state index contributed by atoms with van der Waals surface area (Å²) in [5.74, 6) is -0.838. The standard InChI is InChI=1S/C16H22O2/c1-2-10-16(11-4-3-5-12-16)14-8-6-13(7-9-14)15(17)18/h6-9H,2-5,10-12H2,1H3,(H,17,18). The minimum absolute atomic E-state index is 0.310. The average molecular weight is 246 g/mol. The second-order valence-corrected chi connectivity index (χ2v) is 5.47. The van der Waals surface area contributed by atoms with Gasteiger partial charge in [-0.1, -0.05) is 44.7 Å². The summed E-state index contributed by atoms with van der Waals surface area (Å²) >= 11 is 0. The van der Waals surface area contributed by atoms with E-state index in [1.165, 1.54) is 50.5 Å². The summed E-state index contributed by atoms with van der Waals surface area (Å²) in [6.07, 6.45) is 8.89. The third-order valence-electron chi connectivity index (χ3n) is 4.28. The fourth-order valence-electron chi connectivity index (χ4n) is 3.36. The number of aromatic carboxylic acids is 1. The largest absolute Gasteiger partial charge is 0.478 e. The van der Waals surface area contributed by atoms with Gasteiger partial charge in [-0.15, -0.1) is 0 Å². The molecule has 98 valence electrons. The van der Waals surface area contributed by atoms with Gasteiger partial charge in [-0.3, -0.25) is 0 Å². The third kappa shape index (κ3) is 2.58. The number of carboxylic acid groups (broad SMARTS) is 1. The molecule has 1 aromatic carbocycles. The van der Waals surface area contributed by atoms with Crippen molar-refractivity contribution in [2.45, 2.75) is 57.3 Å². The van der Waals surface area contributed by atoms with Gasteiger partial charge in [-0.25, -0.2) is 4.79 Å². The first kappa shape index (κ1) is 13.1. The minimum atomic E-state index is -0.838. The molecule has 18 heavy (non-hydrogen) atoms.